The number of esters is 1. The number of aromatic nitrogens is 1. The van der Waals surface area contributed by atoms with Gasteiger partial charge in [0.25, 0.3) is 11.3 Å². The number of nitrogens with zero attached hydrogens (tertiary/aromatic N) is 2. The summed E-state index contributed by atoms with van der Waals surface area (Å²) in [6, 6.07) is 8.83. The Morgan fingerprint density at radius 1 is 1.24 bits per heavy atom. The number of pyridine rings is 1. The van der Waals surface area contributed by atoms with Crippen molar-refractivity contribution < 1.29 is 18.3 Å². The largest absolute Gasteiger partial charge is 0.465 e. The molecule has 0 aliphatic carbocycles. The predicted molar refractivity (Wildman–Crippen MR) is 98.4 cm³/mol. The van der Waals surface area contributed by atoms with E-state index in [1.165, 1.54) is 11.4 Å². The smallest absolute Gasteiger partial charge is 0.341 e. The van der Waals surface area contributed by atoms with Crippen LogP contribution in [0.15, 0.2) is 30.3 Å². The molecule has 1 atom stereocenters. The van der Waals surface area contributed by atoms with Gasteiger partial charge in [0.15, 0.2) is 0 Å². The molecule has 0 radical (unpaired) electrons. The molecule has 134 valence electrons. The van der Waals surface area contributed by atoms with Crippen LogP contribution in [-0.4, -0.2) is 26.8 Å². The van der Waals surface area contributed by atoms with Gasteiger partial charge in [-0.15, -0.1) is 0 Å². The van der Waals surface area contributed by atoms with Crippen LogP contribution in [-0.2, 0) is 28.8 Å². The minimum Gasteiger partial charge on any atom is -0.465 e. The van der Waals surface area contributed by atoms with E-state index in [0.717, 1.165) is 11.3 Å². The van der Waals surface area contributed by atoms with E-state index in [1.807, 2.05) is 32.9 Å². The maximum absolute atomic E-state index is 12.4. The summed E-state index contributed by atoms with van der Waals surface area (Å²) in [5.41, 5.74) is 3.35. The highest BCUT2D eigenvalue weighted by molar-refractivity contribution is 7.81. The molecule has 1 aromatic carbocycles. The SMILES string of the molecule is CCc1cc(N(c2ccc(C)cc2)S(=O)O)c(C(=O)OC)c(CC)n1. The van der Waals surface area contributed by atoms with Crippen LogP contribution in [0.1, 0.15) is 41.2 Å². The molecule has 0 aliphatic rings. The Morgan fingerprint density at radius 2 is 1.88 bits per heavy atom. The van der Waals surface area contributed by atoms with E-state index in [4.69, 9.17) is 4.74 Å². The highest BCUT2D eigenvalue weighted by atomic mass is 32.2. The lowest BCUT2D eigenvalue weighted by Crippen LogP contribution is -2.24. The van der Waals surface area contributed by atoms with Gasteiger partial charge in [-0.2, -0.15) is 0 Å². The summed E-state index contributed by atoms with van der Waals surface area (Å²) in [7, 11) is 1.28. The molecule has 0 saturated heterocycles. The first-order chi connectivity index (χ1) is 11.9. The number of carbonyl (C=O) groups excluding carboxylic acids is 1. The van der Waals surface area contributed by atoms with Crippen molar-refractivity contribution in [1.29, 1.82) is 0 Å². The Hall–Kier alpha value is -2.25. The first kappa shape index (κ1) is 19.1. The molecule has 0 spiro atoms. The summed E-state index contributed by atoms with van der Waals surface area (Å²) >= 11 is -2.36. The zero-order chi connectivity index (χ0) is 18.6. The fourth-order valence-corrected chi connectivity index (χ4v) is 3.17. The molecule has 2 rings (SSSR count). The summed E-state index contributed by atoms with van der Waals surface area (Å²) in [6.45, 7) is 5.75. The molecular weight excluding hydrogens is 340 g/mol. The van der Waals surface area contributed by atoms with E-state index in [-0.39, 0.29) is 5.56 Å². The van der Waals surface area contributed by atoms with Crippen molar-refractivity contribution in [3.05, 3.63) is 52.8 Å². The van der Waals surface area contributed by atoms with Gasteiger partial charge in [-0.3, -0.25) is 9.54 Å². The second-order valence-electron chi connectivity index (χ2n) is 5.51. The number of ether oxygens (including phenoxy) is 1. The number of aryl methyl sites for hydroxylation is 3. The third-order valence-electron chi connectivity index (χ3n) is 3.86. The van der Waals surface area contributed by atoms with Crippen molar-refractivity contribution in [2.45, 2.75) is 33.6 Å². The van der Waals surface area contributed by atoms with E-state index in [1.54, 1.807) is 18.2 Å². The molecular formula is C18H22N2O4S. The van der Waals surface area contributed by atoms with E-state index in [9.17, 15) is 13.6 Å². The molecule has 6 nitrogen and oxygen atoms in total. The van der Waals surface area contributed by atoms with Gasteiger partial charge in [-0.1, -0.05) is 31.5 Å². The van der Waals surface area contributed by atoms with Crippen LogP contribution >= 0.6 is 0 Å². The van der Waals surface area contributed by atoms with E-state index >= 15 is 0 Å². The van der Waals surface area contributed by atoms with Crippen LogP contribution in [0, 0.1) is 6.92 Å². The average Bonchev–Trinajstić information content (AvgIpc) is 2.61. The number of carbonyl (C=O) groups is 1. The van der Waals surface area contributed by atoms with E-state index < -0.39 is 17.2 Å². The molecule has 2 aromatic rings. The van der Waals surface area contributed by atoms with Crippen LogP contribution in [0.4, 0.5) is 11.4 Å². The Bertz CT molecular complexity index is 790. The van der Waals surface area contributed by atoms with Crippen LogP contribution in [0.2, 0.25) is 0 Å². The average molecular weight is 362 g/mol. The molecule has 1 unspecified atom stereocenters. The second kappa shape index (κ2) is 8.22. The Labute approximate surface area is 150 Å². The maximum atomic E-state index is 12.4. The maximum Gasteiger partial charge on any atom is 0.341 e. The van der Waals surface area contributed by atoms with E-state index in [0.29, 0.717) is 29.9 Å². The highest BCUT2D eigenvalue weighted by Crippen LogP contribution is 2.33. The predicted octanol–water partition coefficient (Wildman–Crippen LogP) is 3.58. The van der Waals surface area contributed by atoms with Gasteiger partial charge in [0.2, 0.25) is 0 Å². The van der Waals surface area contributed by atoms with Gasteiger partial charge >= 0.3 is 5.97 Å². The van der Waals surface area contributed by atoms with E-state index in [2.05, 4.69) is 4.98 Å². The van der Waals surface area contributed by atoms with Crippen molar-refractivity contribution >= 4 is 28.6 Å². The van der Waals surface area contributed by atoms with Gasteiger partial charge in [0.05, 0.1) is 24.2 Å². The molecule has 0 aliphatic heterocycles. The fraction of sp³-hybridized carbons (Fsp3) is 0.333. The van der Waals surface area contributed by atoms with Gasteiger partial charge < -0.3 is 4.74 Å². The molecule has 0 fully saturated rings. The number of hydrogen-bond acceptors (Lipinski definition) is 4. The van der Waals surface area contributed by atoms with Crippen molar-refractivity contribution in [2.24, 2.45) is 0 Å². The van der Waals surface area contributed by atoms with Crippen molar-refractivity contribution in [3.63, 3.8) is 0 Å². The van der Waals surface area contributed by atoms with Crippen LogP contribution in [0.5, 0.6) is 0 Å². The highest BCUT2D eigenvalue weighted by Gasteiger charge is 2.26. The zero-order valence-corrected chi connectivity index (χ0v) is 15.6. The van der Waals surface area contributed by atoms with Gasteiger partial charge in [0.1, 0.15) is 5.56 Å². The first-order valence-electron chi connectivity index (χ1n) is 8.01. The van der Waals surface area contributed by atoms with Crippen LogP contribution in [0.25, 0.3) is 0 Å². The molecule has 25 heavy (non-hydrogen) atoms. The minimum absolute atomic E-state index is 0.213. The normalized spacial score (nSPS) is 11.9. The lowest BCUT2D eigenvalue weighted by atomic mass is 10.1. The quantitative estimate of drug-likeness (QED) is 0.628. The monoisotopic (exact) mass is 362 g/mol. The summed E-state index contributed by atoms with van der Waals surface area (Å²) in [4.78, 5) is 16.8. The molecule has 1 aromatic heterocycles. The number of benzene rings is 1. The second-order valence-corrected chi connectivity index (χ2v) is 6.34. The van der Waals surface area contributed by atoms with Crippen LogP contribution in [0.3, 0.4) is 0 Å². The Kier molecular flexibility index (Phi) is 6.27. The molecule has 0 saturated carbocycles. The molecule has 0 amide bonds. The zero-order valence-electron chi connectivity index (χ0n) is 14.8. The van der Waals surface area contributed by atoms with Crippen LogP contribution < -0.4 is 4.31 Å². The van der Waals surface area contributed by atoms with Crippen molar-refractivity contribution in [2.75, 3.05) is 11.4 Å². The number of rotatable bonds is 6. The third-order valence-corrected chi connectivity index (χ3v) is 4.58. The van der Waals surface area contributed by atoms with Crippen molar-refractivity contribution in [3.8, 4) is 0 Å². The first-order valence-corrected chi connectivity index (χ1v) is 9.08. The summed E-state index contributed by atoms with van der Waals surface area (Å²) in [6.07, 6.45) is 1.15. The summed E-state index contributed by atoms with van der Waals surface area (Å²) in [5.74, 6) is -0.579. The number of anilines is 2. The standard InChI is InChI=1S/C18H22N2O4S/c1-5-13-11-16(17(18(21)24-4)15(6-2)19-13)20(25(22)23)14-9-7-12(3)8-10-14/h7-11H,5-6H2,1-4H3,(H,22,23). The minimum atomic E-state index is -2.36. The third kappa shape index (κ3) is 4.05. The lowest BCUT2D eigenvalue weighted by Gasteiger charge is -2.24. The molecule has 1 N–H and O–H groups in total. The summed E-state index contributed by atoms with van der Waals surface area (Å²) < 4.78 is 28.1. The Morgan fingerprint density at radius 3 is 2.36 bits per heavy atom. The van der Waals surface area contributed by atoms with Gasteiger partial charge in [-0.05, 0) is 38.0 Å². The molecule has 0 bridgehead atoms. The number of methoxy groups -OCH3 is 1. The summed E-state index contributed by atoms with van der Waals surface area (Å²) in [5, 5.41) is 0. The molecule has 7 heteroatoms. The Balaban J connectivity index is 2.76. The molecule has 1 heterocycles. The fourth-order valence-electron chi connectivity index (χ4n) is 2.55. The number of hydrogen-bond donors (Lipinski definition) is 1. The topological polar surface area (TPSA) is 79.7 Å². The van der Waals surface area contributed by atoms with Gasteiger partial charge in [0, 0.05) is 5.69 Å². The van der Waals surface area contributed by atoms with Gasteiger partial charge in [-0.25, -0.2) is 13.3 Å². The van der Waals surface area contributed by atoms with Crippen molar-refractivity contribution in [1.82, 2.24) is 4.98 Å². The lowest BCUT2D eigenvalue weighted by molar-refractivity contribution is 0.0600.